The van der Waals surface area contributed by atoms with Crippen molar-refractivity contribution in [1.82, 2.24) is 15.1 Å². The van der Waals surface area contributed by atoms with Crippen molar-refractivity contribution in [1.29, 1.82) is 0 Å². The van der Waals surface area contributed by atoms with Gasteiger partial charge in [-0.2, -0.15) is 5.10 Å². The molecule has 2 aromatic rings. The zero-order valence-corrected chi connectivity index (χ0v) is 11.9. The van der Waals surface area contributed by atoms with Crippen LogP contribution in [0.3, 0.4) is 0 Å². The smallest absolute Gasteiger partial charge is 0.272 e. The van der Waals surface area contributed by atoms with Gasteiger partial charge in [0.2, 0.25) is 0 Å². The second-order valence-corrected chi connectivity index (χ2v) is 4.86. The first-order chi connectivity index (χ1) is 10.1. The molecule has 1 aromatic carbocycles. The predicted molar refractivity (Wildman–Crippen MR) is 79.3 cm³/mol. The van der Waals surface area contributed by atoms with Gasteiger partial charge >= 0.3 is 0 Å². The molecule has 1 aromatic heterocycles. The zero-order valence-electron chi connectivity index (χ0n) is 11.9. The van der Waals surface area contributed by atoms with Gasteiger partial charge < -0.3 is 10.4 Å². The van der Waals surface area contributed by atoms with E-state index < -0.39 is 0 Å². The number of carbonyl (C=O) groups excluding carboxylic acids is 1. The first-order valence-corrected chi connectivity index (χ1v) is 6.83. The molecule has 0 spiro atoms. The molecule has 1 aliphatic rings. The lowest BCUT2D eigenvalue weighted by Gasteiger charge is -2.07. The van der Waals surface area contributed by atoms with E-state index in [1.165, 1.54) is 0 Å². The number of phenols is 1. The van der Waals surface area contributed by atoms with E-state index in [1.54, 1.807) is 22.9 Å². The van der Waals surface area contributed by atoms with E-state index in [-0.39, 0.29) is 18.2 Å². The fourth-order valence-electron chi connectivity index (χ4n) is 2.45. The van der Waals surface area contributed by atoms with Crippen LogP contribution >= 0.6 is 0 Å². The van der Waals surface area contributed by atoms with Crippen LogP contribution < -0.4 is 5.32 Å². The third kappa shape index (κ3) is 2.18. The van der Waals surface area contributed by atoms with Crippen molar-refractivity contribution >= 4 is 17.3 Å². The number of amides is 1. The molecule has 2 heterocycles. The highest BCUT2D eigenvalue weighted by Crippen LogP contribution is 2.28. The van der Waals surface area contributed by atoms with Gasteiger partial charge in [0, 0.05) is 12.1 Å². The third-order valence-electron chi connectivity index (χ3n) is 3.49. The molecule has 0 fully saturated rings. The molecule has 0 saturated heterocycles. The number of rotatable bonds is 2. The summed E-state index contributed by atoms with van der Waals surface area (Å²) in [5, 5.41) is 17.1. The largest absolute Gasteiger partial charge is 0.507 e. The lowest BCUT2D eigenvalue weighted by atomic mass is 10.1. The van der Waals surface area contributed by atoms with Crippen molar-refractivity contribution in [3.63, 3.8) is 0 Å². The lowest BCUT2D eigenvalue weighted by molar-refractivity contribution is 0.0950. The normalized spacial score (nSPS) is 14.2. The minimum absolute atomic E-state index is 0.148. The van der Waals surface area contributed by atoms with Gasteiger partial charge in [0.25, 0.3) is 5.91 Å². The number of aromatic nitrogens is 2. The van der Waals surface area contributed by atoms with Gasteiger partial charge in [-0.3, -0.25) is 9.48 Å². The summed E-state index contributed by atoms with van der Waals surface area (Å²) in [7, 11) is 0. The molecule has 21 heavy (non-hydrogen) atoms. The Hall–Kier alpha value is -2.63. The van der Waals surface area contributed by atoms with Crippen molar-refractivity contribution in [2.45, 2.75) is 20.4 Å². The molecule has 1 aliphatic heterocycles. The Morgan fingerprint density at radius 3 is 2.86 bits per heavy atom. The first-order valence-electron chi connectivity index (χ1n) is 6.83. The number of hydrogen-bond acceptors (Lipinski definition) is 4. The molecule has 0 aliphatic carbocycles. The van der Waals surface area contributed by atoms with Gasteiger partial charge in [0.15, 0.2) is 5.69 Å². The Balaban J connectivity index is 2.18. The molecule has 6 heteroatoms. The Bertz CT molecular complexity index is 746. The molecule has 0 atom stereocenters. The average molecular weight is 284 g/mol. The van der Waals surface area contributed by atoms with E-state index in [4.69, 9.17) is 0 Å². The quantitative estimate of drug-likeness (QED) is 0.882. The topological polar surface area (TPSA) is 79.5 Å². The van der Waals surface area contributed by atoms with Gasteiger partial charge in [0.05, 0.1) is 18.0 Å². The Kier molecular flexibility index (Phi) is 3.21. The summed E-state index contributed by atoms with van der Waals surface area (Å²) in [6.45, 7) is 4.63. The number of hydrogen-bond donors (Lipinski definition) is 2. The third-order valence-corrected chi connectivity index (χ3v) is 3.49. The Morgan fingerprint density at radius 2 is 2.14 bits per heavy atom. The standard InChI is InChI=1S/C15H16N4O2/c1-3-19-14-13(9(2)18-19)17-11(8-16-15(14)21)10-6-4-5-7-12(10)20/h4-7,20H,3,8H2,1-2H3,(H,16,21). The van der Waals surface area contributed by atoms with Crippen molar-refractivity contribution in [3.8, 4) is 5.75 Å². The second-order valence-electron chi connectivity index (χ2n) is 4.86. The Labute approximate surface area is 122 Å². The van der Waals surface area contributed by atoms with E-state index >= 15 is 0 Å². The number of carbonyl (C=O) groups is 1. The van der Waals surface area contributed by atoms with Crippen LogP contribution in [0.1, 0.15) is 28.7 Å². The number of aromatic hydroxyl groups is 1. The fraction of sp³-hybridized carbons (Fsp3) is 0.267. The van der Waals surface area contributed by atoms with Crippen LogP contribution in [0.25, 0.3) is 0 Å². The number of para-hydroxylation sites is 1. The van der Waals surface area contributed by atoms with Crippen LogP contribution in [0.5, 0.6) is 5.75 Å². The number of nitrogens with one attached hydrogen (secondary N) is 1. The van der Waals surface area contributed by atoms with Gasteiger partial charge in [-0.25, -0.2) is 4.99 Å². The summed E-state index contributed by atoms with van der Waals surface area (Å²) in [4.78, 5) is 16.8. The number of nitrogens with zero attached hydrogens (tertiary/aromatic N) is 3. The van der Waals surface area contributed by atoms with Crippen LogP contribution in [0, 0.1) is 6.92 Å². The number of phenolic OH excluding ortho intramolecular Hbond substituents is 1. The molecule has 3 rings (SSSR count). The molecular formula is C15H16N4O2. The molecule has 1 amide bonds. The predicted octanol–water partition coefficient (Wildman–Crippen LogP) is 1.78. The van der Waals surface area contributed by atoms with Gasteiger partial charge in [-0.05, 0) is 26.0 Å². The van der Waals surface area contributed by atoms with Crippen molar-refractivity contribution in [2.75, 3.05) is 6.54 Å². The molecular weight excluding hydrogens is 268 g/mol. The van der Waals surface area contributed by atoms with E-state index in [0.29, 0.717) is 34.9 Å². The highest BCUT2D eigenvalue weighted by atomic mass is 16.3. The maximum absolute atomic E-state index is 12.3. The van der Waals surface area contributed by atoms with Crippen LogP contribution in [0.4, 0.5) is 5.69 Å². The van der Waals surface area contributed by atoms with E-state index in [2.05, 4.69) is 15.4 Å². The first kappa shape index (κ1) is 13.4. The summed E-state index contributed by atoms with van der Waals surface area (Å²) in [6, 6.07) is 6.96. The SMILES string of the molecule is CCn1nc(C)c2c1C(=O)NCC(c1ccccc1O)=N2. The minimum Gasteiger partial charge on any atom is -0.507 e. The summed E-state index contributed by atoms with van der Waals surface area (Å²) in [5.41, 5.74) is 3.00. The summed E-state index contributed by atoms with van der Waals surface area (Å²) >= 11 is 0. The highest BCUT2D eigenvalue weighted by molar-refractivity contribution is 6.11. The number of benzene rings is 1. The fourth-order valence-corrected chi connectivity index (χ4v) is 2.45. The van der Waals surface area contributed by atoms with E-state index in [1.807, 2.05) is 19.9 Å². The second kappa shape index (κ2) is 5.05. The van der Waals surface area contributed by atoms with Crippen LogP contribution in [0.15, 0.2) is 29.3 Å². The lowest BCUT2D eigenvalue weighted by Crippen LogP contribution is -2.29. The van der Waals surface area contributed by atoms with Gasteiger partial charge in [-0.1, -0.05) is 12.1 Å². The minimum atomic E-state index is -0.193. The maximum atomic E-state index is 12.3. The van der Waals surface area contributed by atoms with E-state index in [0.717, 1.165) is 0 Å². The summed E-state index contributed by atoms with van der Waals surface area (Å²) in [5.74, 6) is -0.0453. The Morgan fingerprint density at radius 1 is 1.38 bits per heavy atom. The zero-order chi connectivity index (χ0) is 15.0. The van der Waals surface area contributed by atoms with Crippen molar-refractivity contribution < 1.29 is 9.90 Å². The average Bonchev–Trinajstić information content (AvgIpc) is 2.69. The molecule has 0 bridgehead atoms. The monoisotopic (exact) mass is 284 g/mol. The summed E-state index contributed by atoms with van der Waals surface area (Å²) < 4.78 is 1.65. The highest BCUT2D eigenvalue weighted by Gasteiger charge is 2.25. The molecule has 2 N–H and O–H groups in total. The molecule has 0 saturated carbocycles. The number of aliphatic imine (C=N–C) groups is 1. The molecule has 108 valence electrons. The number of fused-ring (bicyclic) bond motifs is 1. The summed E-state index contributed by atoms with van der Waals surface area (Å²) in [6.07, 6.45) is 0. The van der Waals surface area contributed by atoms with Crippen LogP contribution in [-0.4, -0.2) is 33.1 Å². The van der Waals surface area contributed by atoms with Gasteiger partial charge in [-0.15, -0.1) is 0 Å². The number of aryl methyl sites for hydroxylation is 2. The molecule has 6 nitrogen and oxygen atoms in total. The molecule has 0 unspecified atom stereocenters. The van der Waals surface area contributed by atoms with Crippen molar-refractivity contribution in [2.24, 2.45) is 4.99 Å². The van der Waals surface area contributed by atoms with Gasteiger partial charge in [0.1, 0.15) is 11.4 Å². The van der Waals surface area contributed by atoms with Crippen molar-refractivity contribution in [3.05, 3.63) is 41.2 Å². The maximum Gasteiger partial charge on any atom is 0.272 e. The molecule has 0 radical (unpaired) electrons. The van der Waals surface area contributed by atoms with Crippen LogP contribution in [-0.2, 0) is 6.54 Å². The van der Waals surface area contributed by atoms with E-state index in [9.17, 15) is 9.90 Å². The van der Waals surface area contributed by atoms with Crippen LogP contribution in [0.2, 0.25) is 0 Å².